The summed E-state index contributed by atoms with van der Waals surface area (Å²) in [6.45, 7) is 14.7. The second kappa shape index (κ2) is 18.8. The molecule has 3 saturated heterocycles. The number of cyclic esters (lactones) is 1. The summed E-state index contributed by atoms with van der Waals surface area (Å²) in [6, 6.07) is 6.31. The van der Waals surface area contributed by atoms with Crippen molar-refractivity contribution in [1.29, 1.82) is 0 Å². The van der Waals surface area contributed by atoms with Crippen molar-refractivity contribution in [1.82, 2.24) is 24.8 Å². The third-order valence-corrected chi connectivity index (χ3v) is 12.9. The van der Waals surface area contributed by atoms with Crippen LogP contribution in [0, 0.1) is 23.7 Å². The van der Waals surface area contributed by atoms with Crippen LogP contribution in [0.3, 0.4) is 0 Å². The number of aromatic nitrogens is 3. The molecule has 1 aromatic carbocycles. The number of Topliss-reactive ketones (excluding diaryl/α,β-unsaturated/α-hetero) is 2. The van der Waals surface area contributed by atoms with Crippen LogP contribution in [0.5, 0.6) is 0 Å². The number of hydrogen-bond donors (Lipinski definition) is 2. The Labute approximate surface area is 348 Å². The Kier molecular flexibility index (Phi) is 14.7. The van der Waals surface area contributed by atoms with Gasteiger partial charge in [-0.25, -0.2) is 4.79 Å². The lowest BCUT2D eigenvalue weighted by molar-refractivity contribution is -0.295. The number of rotatable bonds is 11. The molecule has 1 amide bonds. The smallest absolute Gasteiger partial charge is 0.410 e. The minimum absolute atomic E-state index is 0.119. The molecule has 3 aliphatic heterocycles. The predicted molar refractivity (Wildman–Crippen MR) is 219 cm³/mol. The number of ketones is 2. The third-order valence-electron chi connectivity index (χ3n) is 12.9. The highest BCUT2D eigenvalue weighted by atomic mass is 16.7. The van der Waals surface area contributed by atoms with E-state index in [0.717, 1.165) is 5.56 Å². The lowest BCUT2D eigenvalue weighted by Gasteiger charge is -2.47. The number of nitrogens with zero attached hydrogens (tertiary/aromatic N) is 5. The van der Waals surface area contributed by atoms with Gasteiger partial charge in [0.05, 0.1) is 30.0 Å². The lowest BCUT2D eigenvalue weighted by Crippen LogP contribution is -2.60. The maximum atomic E-state index is 14.7. The van der Waals surface area contributed by atoms with Crippen LogP contribution in [0.25, 0.3) is 11.3 Å². The number of anilines is 1. The number of nitrogens with two attached hydrogens (primary N) is 1. The van der Waals surface area contributed by atoms with E-state index in [1.54, 1.807) is 50.3 Å². The van der Waals surface area contributed by atoms with Crippen LogP contribution in [0.2, 0.25) is 0 Å². The maximum absolute atomic E-state index is 14.7. The van der Waals surface area contributed by atoms with E-state index in [-0.39, 0.29) is 37.3 Å². The number of fused-ring (bicyclic) bond motifs is 1. The summed E-state index contributed by atoms with van der Waals surface area (Å²) in [5, 5.41) is 20.0. The van der Waals surface area contributed by atoms with Crippen molar-refractivity contribution >= 4 is 29.3 Å². The average Bonchev–Trinajstić information content (AvgIpc) is 3.77. The number of aliphatic hydroxyl groups excluding tert-OH is 1. The summed E-state index contributed by atoms with van der Waals surface area (Å²) in [4.78, 5) is 60.4. The molecular formula is C43H66N6O10. The van der Waals surface area contributed by atoms with Crippen molar-refractivity contribution in [2.75, 3.05) is 33.5 Å². The minimum atomic E-state index is -1.42. The molecule has 16 heteroatoms. The summed E-state index contributed by atoms with van der Waals surface area (Å²) in [5.74, 6) is -5.03. The van der Waals surface area contributed by atoms with E-state index >= 15 is 0 Å². The van der Waals surface area contributed by atoms with Crippen LogP contribution in [0.4, 0.5) is 10.5 Å². The van der Waals surface area contributed by atoms with Gasteiger partial charge in [-0.1, -0.05) is 45.0 Å². The van der Waals surface area contributed by atoms with E-state index < -0.39 is 83.4 Å². The fourth-order valence-corrected chi connectivity index (χ4v) is 9.50. The van der Waals surface area contributed by atoms with Gasteiger partial charge in [-0.3, -0.25) is 19.1 Å². The molecule has 3 aliphatic rings. The molecule has 0 radical (unpaired) electrons. The lowest BCUT2D eigenvalue weighted by atomic mass is 9.73. The Morgan fingerprint density at radius 3 is 2.36 bits per heavy atom. The second-order valence-corrected chi connectivity index (χ2v) is 17.6. The van der Waals surface area contributed by atoms with Gasteiger partial charge in [-0.15, -0.1) is 5.10 Å². The van der Waals surface area contributed by atoms with Crippen LogP contribution in [0.15, 0.2) is 30.5 Å². The van der Waals surface area contributed by atoms with E-state index in [2.05, 4.69) is 10.3 Å². The Morgan fingerprint density at radius 1 is 1.02 bits per heavy atom. The first-order chi connectivity index (χ1) is 27.8. The van der Waals surface area contributed by atoms with E-state index in [4.69, 9.17) is 29.4 Å². The summed E-state index contributed by atoms with van der Waals surface area (Å²) in [6.07, 6.45) is -1.11. The zero-order valence-corrected chi connectivity index (χ0v) is 36.6. The van der Waals surface area contributed by atoms with Gasteiger partial charge in [0, 0.05) is 55.2 Å². The van der Waals surface area contributed by atoms with Gasteiger partial charge in [0.25, 0.3) is 0 Å². The number of carbonyl (C=O) groups excluding carboxylic acids is 4. The molecule has 3 fully saturated rings. The zero-order valence-electron chi connectivity index (χ0n) is 36.6. The summed E-state index contributed by atoms with van der Waals surface area (Å²) in [7, 11) is 5.23. The van der Waals surface area contributed by atoms with Gasteiger partial charge < -0.3 is 44.3 Å². The van der Waals surface area contributed by atoms with E-state index in [0.29, 0.717) is 37.2 Å². The maximum Gasteiger partial charge on any atom is 0.410 e. The van der Waals surface area contributed by atoms with Crippen molar-refractivity contribution in [3.05, 3.63) is 30.5 Å². The highest BCUT2D eigenvalue weighted by Crippen LogP contribution is 2.43. The SMILES string of the molecule is CC[C@H]1OC(=O)[C@H](C)C(=O)[C@H](C)[C@@H](O[C@@H]2OC(C)CC(N(C)C)C2O)[C@](C)(OC)C[C@@H](C)C(=O)[C@H](C)[C@H]2N(CCCCn3cc(-c4cccc(N)c4)nn3)C(=O)O[C@]12C. The standard InChI is InChI=1S/C43H66N6O10/c1-12-33-43(8)37(49(41(54)59-43)19-14-13-18-48-23-31(45-46-48)29-16-15-17-30(44)21-29)26(4)34(50)24(2)22-42(7,55-11)38(27(5)35(51)28(6)39(53)57-33)58-40-36(52)32(47(9)10)20-25(3)56-40/h15-17,21,23-28,32-33,36-38,40,52H,12-14,18-20,22,44H2,1-11H3/t24-,25?,26+,27+,28-,32?,33-,36?,37-,38-,40+,42-,43-/m1/s1. The first kappa shape index (κ1) is 46.1. The second-order valence-electron chi connectivity index (χ2n) is 17.6. The number of unbranched alkanes of at least 4 members (excludes halogenated alkanes) is 1. The Hall–Kier alpha value is -3.96. The molecular weight excluding hydrogens is 761 g/mol. The Morgan fingerprint density at radius 2 is 1.71 bits per heavy atom. The topological polar surface area (TPSA) is 198 Å². The number of amides is 1. The van der Waals surface area contributed by atoms with Gasteiger partial charge in [0.2, 0.25) is 0 Å². The van der Waals surface area contributed by atoms with Crippen molar-refractivity contribution < 1.29 is 48.0 Å². The molecule has 3 unspecified atom stereocenters. The van der Waals surface area contributed by atoms with Crippen LogP contribution >= 0.6 is 0 Å². The van der Waals surface area contributed by atoms with Crippen LogP contribution < -0.4 is 5.73 Å². The van der Waals surface area contributed by atoms with E-state index in [9.17, 15) is 24.3 Å². The third kappa shape index (κ3) is 9.67. The number of aryl methyl sites for hydroxylation is 1. The normalized spacial score (nSPS) is 36.3. The van der Waals surface area contributed by atoms with Gasteiger partial charge >= 0.3 is 12.1 Å². The number of esters is 1. The quantitative estimate of drug-likeness (QED) is 0.139. The molecule has 59 heavy (non-hydrogen) atoms. The number of likely N-dealkylation sites (N-methyl/N-ethyl adjacent to an activating group) is 1. The van der Waals surface area contributed by atoms with E-state index in [1.165, 1.54) is 14.0 Å². The number of aliphatic hydroxyl groups is 1. The molecule has 0 saturated carbocycles. The molecule has 3 N–H and O–H groups in total. The van der Waals surface area contributed by atoms with Crippen molar-refractivity contribution in [2.24, 2.45) is 23.7 Å². The van der Waals surface area contributed by atoms with Crippen LogP contribution in [-0.4, -0.2) is 135 Å². The monoisotopic (exact) mass is 826 g/mol. The molecule has 1 aromatic heterocycles. The fourth-order valence-electron chi connectivity index (χ4n) is 9.50. The van der Waals surface area contributed by atoms with Gasteiger partial charge in [-0.05, 0) is 86.0 Å². The van der Waals surface area contributed by atoms with Crippen molar-refractivity contribution in [3.8, 4) is 11.3 Å². The average molecular weight is 827 g/mol. The highest BCUT2D eigenvalue weighted by Gasteiger charge is 2.60. The Bertz CT molecular complexity index is 1810. The van der Waals surface area contributed by atoms with Gasteiger partial charge in [-0.2, -0.15) is 0 Å². The molecule has 5 rings (SSSR count). The largest absolute Gasteiger partial charge is 0.458 e. The van der Waals surface area contributed by atoms with E-state index in [1.807, 2.05) is 57.2 Å². The first-order valence-electron chi connectivity index (χ1n) is 21.0. The Balaban J connectivity index is 1.43. The molecule has 0 aliphatic carbocycles. The van der Waals surface area contributed by atoms with Crippen LogP contribution in [-0.2, 0) is 44.6 Å². The number of hydrogen-bond acceptors (Lipinski definition) is 14. The van der Waals surface area contributed by atoms with Gasteiger partial charge in [0.15, 0.2) is 17.7 Å². The minimum Gasteiger partial charge on any atom is -0.458 e. The van der Waals surface area contributed by atoms with Crippen molar-refractivity contribution in [3.63, 3.8) is 0 Å². The molecule has 4 heterocycles. The molecule has 0 spiro atoms. The van der Waals surface area contributed by atoms with Crippen LogP contribution in [0.1, 0.15) is 87.5 Å². The number of ether oxygens (including phenoxy) is 5. The number of methoxy groups -OCH3 is 1. The fraction of sp³-hybridized carbons (Fsp3) is 0.721. The summed E-state index contributed by atoms with van der Waals surface area (Å²) >= 11 is 0. The zero-order chi connectivity index (χ0) is 43.6. The summed E-state index contributed by atoms with van der Waals surface area (Å²) < 4.78 is 32.9. The number of carbonyl (C=O) groups is 4. The molecule has 0 bridgehead atoms. The predicted octanol–water partition coefficient (Wildman–Crippen LogP) is 4.51. The summed E-state index contributed by atoms with van der Waals surface area (Å²) in [5.41, 5.74) is 5.43. The molecule has 2 aromatic rings. The number of nitrogen functional groups attached to an aromatic ring is 1. The number of benzene rings is 1. The molecule has 328 valence electrons. The molecule has 13 atom stereocenters. The van der Waals surface area contributed by atoms with Crippen molar-refractivity contribution in [2.45, 2.75) is 148 Å². The molecule has 16 nitrogen and oxygen atoms in total. The highest BCUT2D eigenvalue weighted by molar-refractivity contribution is 6.00. The first-order valence-corrected chi connectivity index (χ1v) is 21.0. The van der Waals surface area contributed by atoms with Gasteiger partial charge in [0.1, 0.15) is 29.6 Å².